The topological polar surface area (TPSA) is 34.2 Å². The largest absolute Gasteiger partial charge is 0.494 e. The second kappa shape index (κ2) is 10.8. The van der Waals surface area contributed by atoms with Gasteiger partial charge in [-0.15, -0.1) is 0 Å². The van der Waals surface area contributed by atoms with Crippen LogP contribution in [0.3, 0.4) is 0 Å². The van der Waals surface area contributed by atoms with E-state index in [-0.39, 0.29) is 0 Å². The van der Waals surface area contributed by atoms with E-state index in [2.05, 4.69) is 9.80 Å². The molecule has 0 saturated carbocycles. The number of rotatable bonds is 10. The Balaban J connectivity index is 1.27. The van der Waals surface area contributed by atoms with Gasteiger partial charge in [0.1, 0.15) is 30.5 Å². The first-order valence-corrected chi connectivity index (χ1v) is 9.81. The molecule has 1 heterocycles. The number of hydrogen-bond acceptors (Lipinski definition) is 5. The molecule has 0 aliphatic carbocycles. The van der Waals surface area contributed by atoms with Crippen molar-refractivity contribution in [1.29, 1.82) is 0 Å². The molecule has 5 nitrogen and oxygen atoms in total. The third-order valence-electron chi connectivity index (χ3n) is 4.70. The van der Waals surface area contributed by atoms with Gasteiger partial charge in [0.25, 0.3) is 0 Å². The molecule has 1 fully saturated rings. The average molecular weight is 370 g/mol. The standard InChI is InChI=1S/C22H30N2O3/c1-2-25-21-8-10-22(11-9-21)27-19-17-24-14-12-23(13-15-24)16-18-26-20-6-4-3-5-7-20/h3-11H,2,12-19H2,1H3. The van der Waals surface area contributed by atoms with Crippen molar-refractivity contribution >= 4 is 0 Å². The molecule has 0 atom stereocenters. The van der Waals surface area contributed by atoms with E-state index in [0.29, 0.717) is 13.2 Å². The van der Waals surface area contributed by atoms with Crippen molar-refractivity contribution in [3.8, 4) is 17.2 Å². The van der Waals surface area contributed by atoms with Crippen LogP contribution >= 0.6 is 0 Å². The molecule has 2 aromatic rings. The zero-order valence-electron chi connectivity index (χ0n) is 16.2. The van der Waals surface area contributed by atoms with Crippen LogP contribution in [0.1, 0.15) is 6.92 Å². The molecule has 1 saturated heterocycles. The maximum absolute atomic E-state index is 5.85. The van der Waals surface area contributed by atoms with Gasteiger partial charge in [-0.2, -0.15) is 0 Å². The fourth-order valence-corrected chi connectivity index (χ4v) is 3.14. The average Bonchev–Trinajstić information content (AvgIpc) is 2.72. The van der Waals surface area contributed by atoms with E-state index in [1.54, 1.807) is 0 Å². The summed E-state index contributed by atoms with van der Waals surface area (Å²) in [6.07, 6.45) is 0. The highest BCUT2D eigenvalue weighted by atomic mass is 16.5. The van der Waals surface area contributed by atoms with Crippen molar-refractivity contribution in [3.05, 3.63) is 54.6 Å². The first kappa shape index (κ1) is 19.5. The van der Waals surface area contributed by atoms with Crippen molar-refractivity contribution in [1.82, 2.24) is 9.80 Å². The van der Waals surface area contributed by atoms with E-state index < -0.39 is 0 Å². The molecule has 0 aromatic heterocycles. The number of piperazine rings is 1. The number of para-hydroxylation sites is 1. The van der Waals surface area contributed by atoms with E-state index in [1.165, 1.54) is 0 Å². The predicted octanol–water partition coefficient (Wildman–Crippen LogP) is 3.16. The second-order valence-electron chi connectivity index (χ2n) is 6.60. The summed E-state index contributed by atoms with van der Waals surface area (Å²) in [5.74, 6) is 2.73. The van der Waals surface area contributed by atoms with E-state index in [4.69, 9.17) is 14.2 Å². The molecule has 27 heavy (non-hydrogen) atoms. The Labute approximate surface area is 162 Å². The van der Waals surface area contributed by atoms with Gasteiger partial charge in [0.15, 0.2) is 0 Å². The summed E-state index contributed by atoms with van der Waals surface area (Å²) in [4.78, 5) is 4.93. The lowest BCUT2D eigenvalue weighted by Gasteiger charge is -2.34. The van der Waals surface area contributed by atoms with Crippen LogP contribution in [0, 0.1) is 0 Å². The Kier molecular flexibility index (Phi) is 7.81. The smallest absolute Gasteiger partial charge is 0.119 e. The summed E-state index contributed by atoms with van der Waals surface area (Å²) in [6.45, 7) is 10.4. The van der Waals surface area contributed by atoms with Gasteiger partial charge in [-0.25, -0.2) is 0 Å². The molecular formula is C22H30N2O3. The van der Waals surface area contributed by atoms with Crippen molar-refractivity contribution in [2.45, 2.75) is 6.92 Å². The van der Waals surface area contributed by atoms with Crippen molar-refractivity contribution < 1.29 is 14.2 Å². The molecule has 0 spiro atoms. The van der Waals surface area contributed by atoms with Gasteiger partial charge in [0, 0.05) is 39.3 Å². The van der Waals surface area contributed by atoms with E-state index >= 15 is 0 Å². The minimum absolute atomic E-state index is 0.685. The van der Waals surface area contributed by atoms with Crippen LogP contribution in [0.4, 0.5) is 0 Å². The summed E-state index contributed by atoms with van der Waals surface area (Å²) in [7, 11) is 0. The quantitative estimate of drug-likeness (QED) is 0.642. The lowest BCUT2D eigenvalue weighted by molar-refractivity contribution is 0.105. The zero-order valence-corrected chi connectivity index (χ0v) is 16.2. The van der Waals surface area contributed by atoms with Gasteiger partial charge >= 0.3 is 0 Å². The minimum Gasteiger partial charge on any atom is -0.494 e. The van der Waals surface area contributed by atoms with Crippen LogP contribution in [0.5, 0.6) is 17.2 Å². The molecule has 2 aromatic carbocycles. The molecule has 1 aliphatic rings. The van der Waals surface area contributed by atoms with Crippen molar-refractivity contribution in [3.63, 3.8) is 0 Å². The first-order chi connectivity index (χ1) is 13.3. The summed E-state index contributed by atoms with van der Waals surface area (Å²) < 4.78 is 17.1. The van der Waals surface area contributed by atoms with Crippen LogP contribution in [-0.4, -0.2) is 68.9 Å². The molecule has 0 amide bonds. The van der Waals surface area contributed by atoms with Gasteiger partial charge < -0.3 is 14.2 Å². The third-order valence-corrected chi connectivity index (χ3v) is 4.70. The van der Waals surface area contributed by atoms with E-state index in [9.17, 15) is 0 Å². The van der Waals surface area contributed by atoms with Crippen LogP contribution in [0.2, 0.25) is 0 Å². The fourth-order valence-electron chi connectivity index (χ4n) is 3.14. The minimum atomic E-state index is 0.685. The van der Waals surface area contributed by atoms with Gasteiger partial charge in [0.05, 0.1) is 6.61 Å². The van der Waals surface area contributed by atoms with Gasteiger partial charge in [-0.05, 0) is 43.3 Å². The molecule has 0 radical (unpaired) electrons. The molecule has 0 N–H and O–H groups in total. The number of ether oxygens (including phenoxy) is 3. The van der Waals surface area contributed by atoms with Crippen LogP contribution in [0.15, 0.2) is 54.6 Å². The summed E-state index contributed by atoms with van der Waals surface area (Å²) in [6, 6.07) is 17.9. The normalized spacial score (nSPS) is 15.4. The number of benzene rings is 2. The second-order valence-corrected chi connectivity index (χ2v) is 6.60. The van der Waals surface area contributed by atoms with Crippen LogP contribution in [-0.2, 0) is 0 Å². The monoisotopic (exact) mass is 370 g/mol. The van der Waals surface area contributed by atoms with Crippen molar-refractivity contribution in [2.24, 2.45) is 0 Å². The van der Waals surface area contributed by atoms with Gasteiger partial charge in [-0.3, -0.25) is 9.80 Å². The maximum Gasteiger partial charge on any atom is 0.119 e. The predicted molar refractivity (Wildman–Crippen MR) is 108 cm³/mol. The lowest BCUT2D eigenvalue weighted by Crippen LogP contribution is -2.48. The Hall–Kier alpha value is -2.24. The summed E-state index contributed by atoms with van der Waals surface area (Å²) >= 11 is 0. The third kappa shape index (κ3) is 6.77. The van der Waals surface area contributed by atoms with Crippen molar-refractivity contribution in [2.75, 3.05) is 59.1 Å². The highest BCUT2D eigenvalue weighted by Crippen LogP contribution is 2.17. The summed E-state index contributed by atoms with van der Waals surface area (Å²) in [5.41, 5.74) is 0. The van der Waals surface area contributed by atoms with Crippen LogP contribution < -0.4 is 14.2 Å². The molecular weight excluding hydrogens is 340 g/mol. The Bertz CT molecular complexity index is 640. The Morgan fingerprint density at radius 2 is 1.07 bits per heavy atom. The van der Waals surface area contributed by atoms with Gasteiger partial charge in [-0.1, -0.05) is 18.2 Å². The maximum atomic E-state index is 5.85. The molecule has 3 rings (SSSR count). The number of hydrogen-bond donors (Lipinski definition) is 0. The molecule has 146 valence electrons. The lowest BCUT2D eigenvalue weighted by atomic mass is 10.3. The Morgan fingerprint density at radius 1 is 0.630 bits per heavy atom. The molecule has 0 unspecified atom stereocenters. The molecule has 0 bridgehead atoms. The highest BCUT2D eigenvalue weighted by molar-refractivity contribution is 5.31. The van der Waals surface area contributed by atoms with Gasteiger partial charge in [0.2, 0.25) is 0 Å². The number of nitrogens with zero attached hydrogens (tertiary/aromatic N) is 2. The Morgan fingerprint density at radius 3 is 1.56 bits per heavy atom. The zero-order chi connectivity index (χ0) is 18.7. The summed E-state index contributed by atoms with van der Waals surface area (Å²) in [5, 5.41) is 0. The van der Waals surface area contributed by atoms with E-state index in [1.807, 2.05) is 61.5 Å². The fraction of sp³-hybridized carbons (Fsp3) is 0.455. The molecule has 1 aliphatic heterocycles. The van der Waals surface area contributed by atoms with E-state index in [0.717, 1.165) is 63.1 Å². The molecule has 5 heteroatoms. The highest BCUT2D eigenvalue weighted by Gasteiger charge is 2.16. The first-order valence-electron chi connectivity index (χ1n) is 9.81. The SMILES string of the molecule is CCOc1ccc(OCCN2CCN(CCOc3ccccc3)CC2)cc1. The van der Waals surface area contributed by atoms with Crippen LogP contribution in [0.25, 0.3) is 0 Å².